The molecule has 1 heterocycles. The summed E-state index contributed by atoms with van der Waals surface area (Å²) in [5.74, 6) is 0. The van der Waals surface area contributed by atoms with Crippen molar-refractivity contribution in [3.8, 4) is 0 Å². The van der Waals surface area contributed by atoms with Crippen molar-refractivity contribution in [2.75, 3.05) is 19.7 Å². The summed E-state index contributed by atoms with van der Waals surface area (Å²) in [6, 6.07) is 1.95. The van der Waals surface area contributed by atoms with E-state index in [1.165, 1.54) is 45.1 Å². The number of hydrogen-bond donors (Lipinski definition) is 2. The van der Waals surface area contributed by atoms with E-state index in [4.69, 9.17) is 0 Å². The van der Waals surface area contributed by atoms with E-state index in [0.29, 0.717) is 12.6 Å². The molecule has 1 saturated carbocycles. The van der Waals surface area contributed by atoms with E-state index in [1.54, 1.807) is 0 Å². The van der Waals surface area contributed by atoms with Crippen LogP contribution in [0.25, 0.3) is 0 Å². The Bertz CT molecular complexity index is 202. The van der Waals surface area contributed by atoms with Gasteiger partial charge in [-0.3, -0.25) is 4.90 Å². The highest BCUT2D eigenvalue weighted by molar-refractivity contribution is 4.88. The maximum Gasteiger partial charge on any atom is 0.0586 e. The van der Waals surface area contributed by atoms with Crippen LogP contribution in [0, 0.1) is 0 Å². The van der Waals surface area contributed by atoms with Gasteiger partial charge in [0.25, 0.3) is 0 Å². The van der Waals surface area contributed by atoms with Crippen molar-refractivity contribution in [2.24, 2.45) is 0 Å². The molecule has 0 amide bonds. The third kappa shape index (κ3) is 2.76. The predicted molar refractivity (Wildman–Crippen MR) is 66.5 cm³/mol. The molecule has 0 bridgehead atoms. The van der Waals surface area contributed by atoms with Crippen LogP contribution in [0.15, 0.2) is 0 Å². The minimum absolute atomic E-state index is 0.354. The maximum absolute atomic E-state index is 9.35. The van der Waals surface area contributed by atoms with E-state index in [9.17, 15) is 5.11 Å². The molecule has 3 nitrogen and oxygen atoms in total. The van der Waals surface area contributed by atoms with Gasteiger partial charge in [-0.1, -0.05) is 6.92 Å². The van der Waals surface area contributed by atoms with Gasteiger partial charge in [0.05, 0.1) is 6.61 Å². The summed E-state index contributed by atoms with van der Waals surface area (Å²) >= 11 is 0. The molecule has 0 radical (unpaired) electrons. The molecule has 1 unspecified atom stereocenters. The van der Waals surface area contributed by atoms with Crippen LogP contribution in [-0.4, -0.2) is 47.8 Å². The third-order valence-corrected chi connectivity index (χ3v) is 4.29. The molecule has 0 aromatic heterocycles. The lowest BCUT2D eigenvalue weighted by molar-refractivity contribution is 0.0920. The van der Waals surface area contributed by atoms with Crippen molar-refractivity contribution in [1.82, 2.24) is 10.2 Å². The van der Waals surface area contributed by atoms with E-state index in [1.807, 2.05) is 0 Å². The fraction of sp³-hybridized carbons (Fsp3) is 1.00. The second-order valence-electron chi connectivity index (χ2n) is 5.28. The van der Waals surface area contributed by atoms with Gasteiger partial charge in [0.2, 0.25) is 0 Å². The summed E-state index contributed by atoms with van der Waals surface area (Å²) in [5, 5.41) is 12.9. The lowest BCUT2D eigenvalue weighted by Gasteiger charge is -2.37. The van der Waals surface area contributed by atoms with Gasteiger partial charge in [-0.15, -0.1) is 0 Å². The van der Waals surface area contributed by atoms with Crippen molar-refractivity contribution in [3.63, 3.8) is 0 Å². The first-order chi connectivity index (χ1) is 7.85. The number of nitrogens with zero attached hydrogens (tertiary/aromatic N) is 1. The number of rotatable bonds is 4. The fourth-order valence-electron chi connectivity index (χ4n) is 3.44. The molecule has 16 heavy (non-hydrogen) atoms. The van der Waals surface area contributed by atoms with E-state index in [-0.39, 0.29) is 0 Å². The topological polar surface area (TPSA) is 35.5 Å². The molecule has 0 aromatic carbocycles. The lowest BCUT2D eigenvalue weighted by atomic mass is 9.90. The Morgan fingerprint density at radius 3 is 2.56 bits per heavy atom. The number of aliphatic hydroxyl groups excluding tert-OH is 1. The molecule has 94 valence electrons. The number of likely N-dealkylation sites (tertiary alicyclic amines) is 1. The highest BCUT2D eigenvalue weighted by atomic mass is 16.3. The molecule has 2 aliphatic rings. The number of hydrogen-bond acceptors (Lipinski definition) is 3. The molecule has 1 aliphatic carbocycles. The van der Waals surface area contributed by atoms with E-state index >= 15 is 0 Å². The monoisotopic (exact) mass is 226 g/mol. The minimum atomic E-state index is 0.354. The van der Waals surface area contributed by atoms with Crippen LogP contribution in [0.5, 0.6) is 0 Å². The summed E-state index contributed by atoms with van der Waals surface area (Å²) in [4.78, 5) is 2.57. The molecule has 1 saturated heterocycles. The van der Waals surface area contributed by atoms with Gasteiger partial charge >= 0.3 is 0 Å². The molecule has 1 aliphatic heterocycles. The molecular weight excluding hydrogens is 200 g/mol. The standard InChI is InChI=1S/C13H26N2O/c1-2-14-11-5-7-12(8-6-11)15-9-3-4-13(15)10-16/h11-14,16H,2-10H2,1H3. The fourth-order valence-corrected chi connectivity index (χ4v) is 3.44. The molecule has 3 heteroatoms. The molecule has 0 spiro atoms. The Hall–Kier alpha value is -0.120. The quantitative estimate of drug-likeness (QED) is 0.760. The zero-order valence-electron chi connectivity index (χ0n) is 10.5. The van der Waals surface area contributed by atoms with Gasteiger partial charge in [0.1, 0.15) is 0 Å². The van der Waals surface area contributed by atoms with Gasteiger partial charge in [0, 0.05) is 18.1 Å². The van der Waals surface area contributed by atoms with E-state index in [0.717, 1.165) is 18.6 Å². The Kier molecular flexibility index (Phi) is 4.62. The number of aliphatic hydroxyl groups is 1. The number of nitrogens with one attached hydrogen (secondary N) is 1. The second-order valence-corrected chi connectivity index (χ2v) is 5.28. The maximum atomic E-state index is 9.35. The van der Waals surface area contributed by atoms with Crippen molar-refractivity contribution >= 4 is 0 Å². The summed E-state index contributed by atoms with van der Waals surface area (Å²) in [7, 11) is 0. The van der Waals surface area contributed by atoms with Gasteiger partial charge in [-0.25, -0.2) is 0 Å². The van der Waals surface area contributed by atoms with Crippen LogP contribution in [0.4, 0.5) is 0 Å². The Morgan fingerprint density at radius 1 is 1.19 bits per heavy atom. The Morgan fingerprint density at radius 2 is 1.94 bits per heavy atom. The van der Waals surface area contributed by atoms with Crippen molar-refractivity contribution in [1.29, 1.82) is 0 Å². The minimum Gasteiger partial charge on any atom is -0.395 e. The average Bonchev–Trinajstić information content (AvgIpc) is 2.78. The Balaban J connectivity index is 1.79. The van der Waals surface area contributed by atoms with Gasteiger partial charge < -0.3 is 10.4 Å². The molecule has 2 fully saturated rings. The van der Waals surface area contributed by atoms with Crippen LogP contribution < -0.4 is 5.32 Å². The summed E-state index contributed by atoms with van der Waals surface area (Å²) in [5.41, 5.74) is 0. The third-order valence-electron chi connectivity index (χ3n) is 4.29. The van der Waals surface area contributed by atoms with Crippen molar-refractivity contribution in [2.45, 2.75) is 63.6 Å². The van der Waals surface area contributed by atoms with Gasteiger partial charge in [-0.05, 0) is 51.6 Å². The summed E-state index contributed by atoms with van der Waals surface area (Å²) < 4.78 is 0. The van der Waals surface area contributed by atoms with Crippen LogP contribution in [0.3, 0.4) is 0 Å². The van der Waals surface area contributed by atoms with Crippen molar-refractivity contribution < 1.29 is 5.11 Å². The van der Waals surface area contributed by atoms with E-state index in [2.05, 4.69) is 17.1 Å². The molecule has 2 N–H and O–H groups in total. The zero-order valence-corrected chi connectivity index (χ0v) is 10.5. The van der Waals surface area contributed by atoms with Crippen molar-refractivity contribution in [3.05, 3.63) is 0 Å². The largest absolute Gasteiger partial charge is 0.395 e. The predicted octanol–water partition coefficient (Wildman–Crippen LogP) is 1.36. The molecule has 0 aromatic rings. The molecule has 1 atom stereocenters. The summed E-state index contributed by atoms with van der Waals surface area (Å²) in [6.45, 7) is 4.85. The molecule has 2 rings (SSSR count). The second kappa shape index (κ2) is 5.99. The van der Waals surface area contributed by atoms with Crippen LogP contribution in [-0.2, 0) is 0 Å². The highest BCUT2D eigenvalue weighted by Gasteiger charge is 2.32. The molecular formula is C13H26N2O. The first kappa shape index (κ1) is 12.3. The van der Waals surface area contributed by atoms with Gasteiger partial charge in [0.15, 0.2) is 0 Å². The highest BCUT2D eigenvalue weighted by Crippen LogP contribution is 2.29. The zero-order chi connectivity index (χ0) is 11.4. The lowest BCUT2D eigenvalue weighted by Crippen LogP contribution is -2.45. The van der Waals surface area contributed by atoms with Gasteiger partial charge in [-0.2, -0.15) is 0 Å². The first-order valence-electron chi connectivity index (χ1n) is 6.95. The normalized spacial score (nSPS) is 36.8. The SMILES string of the molecule is CCNC1CCC(N2CCCC2CO)CC1. The van der Waals surface area contributed by atoms with Crippen LogP contribution in [0.2, 0.25) is 0 Å². The average molecular weight is 226 g/mol. The summed E-state index contributed by atoms with van der Waals surface area (Å²) in [6.07, 6.45) is 7.73. The Labute approximate surface area is 99.2 Å². The van der Waals surface area contributed by atoms with Crippen LogP contribution in [0.1, 0.15) is 45.4 Å². The van der Waals surface area contributed by atoms with E-state index < -0.39 is 0 Å². The first-order valence-corrected chi connectivity index (χ1v) is 6.95. The smallest absolute Gasteiger partial charge is 0.0586 e. The van der Waals surface area contributed by atoms with Crippen LogP contribution >= 0.6 is 0 Å².